The molecule has 2 aromatic rings. The topological polar surface area (TPSA) is 66.6 Å². The summed E-state index contributed by atoms with van der Waals surface area (Å²) < 4.78 is 0. The third kappa shape index (κ3) is 3.66. The first-order chi connectivity index (χ1) is 12.4. The normalized spacial score (nSPS) is 18.3. The molecule has 0 unspecified atom stereocenters. The van der Waals surface area contributed by atoms with Gasteiger partial charge in [-0.15, -0.1) is 11.3 Å². The lowest BCUT2D eigenvalue weighted by Gasteiger charge is -2.42. The Balaban J connectivity index is 1.81. The Kier molecular flexibility index (Phi) is 5.44. The molecule has 1 aliphatic rings. The number of piperazine rings is 1. The average Bonchev–Trinajstić information content (AvgIpc) is 3.11. The monoisotopic (exact) mass is 371 g/mol. The zero-order chi connectivity index (χ0) is 18.8. The summed E-state index contributed by atoms with van der Waals surface area (Å²) in [4.78, 5) is 29.4. The molecule has 2 heterocycles. The van der Waals surface area contributed by atoms with Gasteiger partial charge in [0.25, 0.3) is 11.8 Å². The smallest absolute Gasteiger partial charge is 0.259 e. The Morgan fingerprint density at radius 2 is 2.00 bits per heavy atom. The summed E-state index contributed by atoms with van der Waals surface area (Å²) in [7, 11) is 0. The highest BCUT2D eigenvalue weighted by molar-refractivity contribution is 7.12. The first-order valence-electron chi connectivity index (χ1n) is 8.91. The zero-order valence-corrected chi connectivity index (χ0v) is 16.3. The molecule has 1 aromatic heterocycles. The molecule has 138 valence electrons. The van der Waals surface area contributed by atoms with Crippen LogP contribution in [0.15, 0.2) is 35.7 Å². The fourth-order valence-corrected chi connectivity index (χ4v) is 4.42. The molecule has 1 aromatic carbocycles. The highest BCUT2D eigenvalue weighted by Crippen LogP contribution is 2.29. The van der Waals surface area contributed by atoms with E-state index in [1.165, 1.54) is 11.3 Å². The Morgan fingerprint density at radius 1 is 1.23 bits per heavy atom. The number of hydrogen-bond acceptors (Lipinski definition) is 4. The van der Waals surface area contributed by atoms with Gasteiger partial charge in [0.15, 0.2) is 0 Å². The van der Waals surface area contributed by atoms with Crippen molar-refractivity contribution in [2.24, 2.45) is 5.73 Å². The second-order valence-electron chi connectivity index (χ2n) is 7.04. The largest absolute Gasteiger partial charge is 0.365 e. The molecule has 1 fully saturated rings. The van der Waals surface area contributed by atoms with E-state index >= 15 is 0 Å². The number of nitrogens with two attached hydrogens (primary N) is 1. The van der Waals surface area contributed by atoms with Crippen molar-refractivity contribution in [1.29, 1.82) is 0 Å². The molecule has 0 aliphatic carbocycles. The van der Waals surface area contributed by atoms with Gasteiger partial charge in [-0.25, -0.2) is 0 Å². The lowest BCUT2D eigenvalue weighted by Crippen LogP contribution is -2.55. The fraction of sp³-hybridized carbons (Fsp3) is 0.400. The predicted octanol–water partition coefficient (Wildman–Crippen LogP) is 3.07. The minimum absolute atomic E-state index is 0.0398. The van der Waals surface area contributed by atoms with E-state index in [2.05, 4.69) is 25.7 Å². The van der Waals surface area contributed by atoms with Crippen molar-refractivity contribution in [2.45, 2.75) is 32.9 Å². The number of amides is 2. The molecule has 2 amide bonds. The van der Waals surface area contributed by atoms with Crippen LogP contribution in [0.1, 0.15) is 40.8 Å². The number of carbonyl (C=O) groups excluding carboxylic acids is 2. The van der Waals surface area contributed by atoms with Crippen LogP contribution in [0.25, 0.3) is 11.1 Å². The lowest BCUT2D eigenvalue weighted by molar-refractivity contribution is 0.0426. The van der Waals surface area contributed by atoms with Crippen molar-refractivity contribution >= 4 is 23.2 Å². The minimum Gasteiger partial charge on any atom is -0.365 e. The Hall–Kier alpha value is -2.18. The third-order valence-corrected chi connectivity index (χ3v) is 5.87. The van der Waals surface area contributed by atoms with Crippen molar-refractivity contribution < 1.29 is 9.59 Å². The van der Waals surface area contributed by atoms with Gasteiger partial charge in [-0.3, -0.25) is 14.5 Å². The van der Waals surface area contributed by atoms with Crippen LogP contribution in [-0.4, -0.2) is 53.3 Å². The maximum atomic E-state index is 13.0. The Morgan fingerprint density at radius 3 is 2.65 bits per heavy atom. The standard InChI is InChI=1S/C20H25N3O2S/c1-13(2)23-9-8-22(12-14(23)3)20(25)16-6-4-5-15(11-16)17-7-10-26-18(17)19(21)24/h4-7,10-11,13-14H,8-9,12H2,1-3H3,(H2,21,24)/t14-/m1/s1. The zero-order valence-electron chi connectivity index (χ0n) is 15.4. The molecule has 26 heavy (non-hydrogen) atoms. The molecular weight excluding hydrogens is 346 g/mol. The second-order valence-corrected chi connectivity index (χ2v) is 7.96. The summed E-state index contributed by atoms with van der Waals surface area (Å²) in [6.45, 7) is 8.90. The SMILES string of the molecule is CC(C)N1CCN(C(=O)c2cccc(-c3ccsc3C(N)=O)c2)C[C@H]1C. The number of nitrogens with zero attached hydrogens (tertiary/aromatic N) is 2. The summed E-state index contributed by atoms with van der Waals surface area (Å²) in [5, 5.41) is 1.84. The van der Waals surface area contributed by atoms with Crippen LogP contribution >= 0.6 is 11.3 Å². The van der Waals surface area contributed by atoms with Crippen molar-refractivity contribution in [1.82, 2.24) is 9.80 Å². The van der Waals surface area contributed by atoms with E-state index in [9.17, 15) is 9.59 Å². The number of rotatable bonds is 4. The quantitative estimate of drug-likeness (QED) is 0.898. The molecule has 0 radical (unpaired) electrons. The molecular formula is C20H25N3O2S. The number of thiophene rings is 1. The Bertz CT molecular complexity index is 815. The van der Waals surface area contributed by atoms with Gasteiger partial charge in [0.2, 0.25) is 0 Å². The minimum atomic E-state index is -0.439. The number of hydrogen-bond donors (Lipinski definition) is 1. The molecule has 6 heteroatoms. The highest BCUT2D eigenvalue weighted by Gasteiger charge is 2.28. The molecule has 1 saturated heterocycles. The van der Waals surface area contributed by atoms with Crippen LogP contribution in [0.5, 0.6) is 0 Å². The van der Waals surface area contributed by atoms with Crippen LogP contribution in [0.4, 0.5) is 0 Å². The molecule has 0 bridgehead atoms. The summed E-state index contributed by atoms with van der Waals surface area (Å²) in [5.41, 5.74) is 7.74. The molecule has 1 aliphatic heterocycles. The summed E-state index contributed by atoms with van der Waals surface area (Å²) in [5.74, 6) is -0.400. The summed E-state index contributed by atoms with van der Waals surface area (Å²) >= 11 is 1.32. The van der Waals surface area contributed by atoms with Gasteiger partial charge in [-0.05, 0) is 49.9 Å². The molecule has 3 rings (SSSR count). The average molecular weight is 372 g/mol. The van der Waals surface area contributed by atoms with E-state index in [1.807, 2.05) is 40.6 Å². The molecule has 0 saturated carbocycles. The van der Waals surface area contributed by atoms with E-state index in [1.54, 1.807) is 0 Å². The number of carbonyl (C=O) groups is 2. The van der Waals surface area contributed by atoms with Crippen LogP contribution in [0, 0.1) is 0 Å². The van der Waals surface area contributed by atoms with Gasteiger partial charge in [0, 0.05) is 42.8 Å². The Labute approximate surface area is 158 Å². The number of primary amides is 1. The van der Waals surface area contributed by atoms with Crippen LogP contribution in [0.3, 0.4) is 0 Å². The summed E-state index contributed by atoms with van der Waals surface area (Å²) in [6, 6.07) is 10.2. The lowest BCUT2D eigenvalue weighted by atomic mass is 10.0. The predicted molar refractivity (Wildman–Crippen MR) is 105 cm³/mol. The van der Waals surface area contributed by atoms with Gasteiger partial charge in [0.1, 0.15) is 0 Å². The van der Waals surface area contributed by atoms with E-state index in [0.29, 0.717) is 22.5 Å². The van der Waals surface area contributed by atoms with E-state index in [0.717, 1.165) is 30.8 Å². The van der Waals surface area contributed by atoms with Gasteiger partial charge in [-0.2, -0.15) is 0 Å². The maximum absolute atomic E-state index is 13.0. The first-order valence-corrected chi connectivity index (χ1v) is 9.79. The first kappa shape index (κ1) is 18.6. The van der Waals surface area contributed by atoms with E-state index in [-0.39, 0.29) is 5.91 Å². The number of benzene rings is 1. The van der Waals surface area contributed by atoms with E-state index < -0.39 is 5.91 Å². The van der Waals surface area contributed by atoms with Crippen LogP contribution in [0.2, 0.25) is 0 Å². The van der Waals surface area contributed by atoms with Crippen molar-refractivity contribution in [3.05, 3.63) is 46.2 Å². The van der Waals surface area contributed by atoms with Crippen molar-refractivity contribution in [2.75, 3.05) is 19.6 Å². The molecule has 0 spiro atoms. The van der Waals surface area contributed by atoms with E-state index in [4.69, 9.17) is 5.73 Å². The van der Waals surface area contributed by atoms with Gasteiger partial charge in [0.05, 0.1) is 4.88 Å². The molecule has 5 nitrogen and oxygen atoms in total. The molecule has 2 N–H and O–H groups in total. The van der Waals surface area contributed by atoms with Crippen molar-refractivity contribution in [3.63, 3.8) is 0 Å². The summed E-state index contributed by atoms with van der Waals surface area (Å²) in [6.07, 6.45) is 0. The van der Waals surface area contributed by atoms with Gasteiger partial charge in [-0.1, -0.05) is 12.1 Å². The van der Waals surface area contributed by atoms with Crippen molar-refractivity contribution in [3.8, 4) is 11.1 Å². The maximum Gasteiger partial charge on any atom is 0.259 e. The second kappa shape index (κ2) is 7.60. The van der Waals surface area contributed by atoms with Crippen LogP contribution < -0.4 is 5.73 Å². The van der Waals surface area contributed by atoms with Gasteiger partial charge >= 0.3 is 0 Å². The third-order valence-electron chi connectivity index (χ3n) is 4.94. The fourth-order valence-electron chi connectivity index (χ4n) is 3.65. The van der Waals surface area contributed by atoms with Gasteiger partial charge < -0.3 is 10.6 Å². The van der Waals surface area contributed by atoms with Crippen LogP contribution in [-0.2, 0) is 0 Å². The highest BCUT2D eigenvalue weighted by atomic mass is 32.1. The molecule has 1 atom stereocenters.